The molecule has 0 saturated heterocycles. The van der Waals surface area contributed by atoms with E-state index in [-0.39, 0.29) is 0 Å². The summed E-state index contributed by atoms with van der Waals surface area (Å²) in [5.74, 6) is 5.07. The molecule has 0 N–H and O–H groups in total. The van der Waals surface area contributed by atoms with E-state index < -0.39 is 0 Å². The van der Waals surface area contributed by atoms with Gasteiger partial charge in [0.2, 0.25) is 0 Å². The molecule has 1 saturated carbocycles. The summed E-state index contributed by atoms with van der Waals surface area (Å²) in [7, 11) is 6.32. The molecule has 0 aromatic carbocycles. The van der Waals surface area contributed by atoms with Crippen LogP contribution in [0.25, 0.3) is 0 Å². The fourth-order valence-electron chi connectivity index (χ4n) is 3.33. The van der Waals surface area contributed by atoms with Crippen LogP contribution in [0, 0.1) is 35.5 Å². The Bertz CT molecular complexity index is 191. The maximum atomic E-state index is 6.32. The van der Waals surface area contributed by atoms with Gasteiger partial charge in [0.25, 0.3) is 0 Å². The Balaban J connectivity index is 2.86. The van der Waals surface area contributed by atoms with Gasteiger partial charge in [0, 0.05) is 0 Å². The summed E-state index contributed by atoms with van der Waals surface area (Å²) in [6.07, 6.45) is 2.51. The Morgan fingerprint density at radius 3 is 1.62 bits per heavy atom. The van der Waals surface area contributed by atoms with Gasteiger partial charge >= 0.3 is 0 Å². The molecule has 7 unspecified atom stereocenters. The van der Waals surface area contributed by atoms with Crippen LogP contribution in [0.2, 0.25) is 5.82 Å². The highest BCUT2D eigenvalue weighted by molar-refractivity contribution is 6.11. The molecule has 7 atom stereocenters. The summed E-state index contributed by atoms with van der Waals surface area (Å²) in [4.78, 5) is 0. The second kappa shape index (κ2) is 5.60. The summed E-state index contributed by atoms with van der Waals surface area (Å²) >= 11 is 0. The zero-order valence-electron chi connectivity index (χ0n) is 12.0. The Labute approximate surface area is 104 Å². The van der Waals surface area contributed by atoms with Crippen molar-refractivity contribution < 1.29 is 0 Å². The molecule has 0 amide bonds. The van der Waals surface area contributed by atoms with E-state index in [0.29, 0.717) is 11.7 Å². The number of hydrogen-bond donors (Lipinski definition) is 0. The SMILES string of the molecule is [B]C1CCC(C)C(C)C(C)C(C)C(C)C1C. The first-order chi connectivity index (χ1) is 7.36. The Morgan fingerprint density at radius 1 is 0.625 bits per heavy atom. The Kier molecular flexibility index (Phi) is 4.95. The number of rotatable bonds is 0. The van der Waals surface area contributed by atoms with Crippen LogP contribution < -0.4 is 0 Å². The van der Waals surface area contributed by atoms with Gasteiger partial charge in [-0.2, -0.15) is 0 Å². The third kappa shape index (κ3) is 2.84. The van der Waals surface area contributed by atoms with Gasteiger partial charge in [-0.1, -0.05) is 60.2 Å². The van der Waals surface area contributed by atoms with Gasteiger partial charge < -0.3 is 0 Å². The van der Waals surface area contributed by atoms with Gasteiger partial charge in [0.05, 0.1) is 7.85 Å². The molecule has 0 spiro atoms. The van der Waals surface area contributed by atoms with Crippen molar-refractivity contribution >= 4 is 7.85 Å². The lowest BCUT2D eigenvalue weighted by Crippen LogP contribution is -2.28. The maximum absolute atomic E-state index is 6.32. The zero-order valence-corrected chi connectivity index (χ0v) is 12.0. The monoisotopic (exact) mass is 220 g/mol. The summed E-state index contributed by atoms with van der Waals surface area (Å²) in [6, 6.07) is 0. The van der Waals surface area contributed by atoms with Gasteiger partial charge in [-0.25, -0.2) is 0 Å². The molecule has 2 radical (unpaired) electrons. The van der Waals surface area contributed by atoms with Crippen molar-refractivity contribution in [2.75, 3.05) is 0 Å². The molecule has 0 bridgehead atoms. The summed E-state index contributed by atoms with van der Waals surface area (Å²) in [5.41, 5.74) is 0. The highest BCUT2D eigenvalue weighted by Gasteiger charge is 2.33. The van der Waals surface area contributed by atoms with Crippen LogP contribution in [0.15, 0.2) is 0 Å². The first kappa shape index (κ1) is 14.1. The molecule has 0 aromatic rings. The van der Waals surface area contributed by atoms with Crippen molar-refractivity contribution in [1.82, 2.24) is 0 Å². The Morgan fingerprint density at radius 2 is 1.06 bits per heavy atom. The lowest BCUT2D eigenvalue weighted by atomic mass is 9.66. The molecule has 92 valence electrons. The lowest BCUT2D eigenvalue weighted by molar-refractivity contribution is 0.150. The van der Waals surface area contributed by atoms with Crippen molar-refractivity contribution in [2.24, 2.45) is 35.5 Å². The predicted molar refractivity (Wildman–Crippen MR) is 73.7 cm³/mol. The van der Waals surface area contributed by atoms with Crippen molar-refractivity contribution in [3.05, 3.63) is 0 Å². The molecule has 1 heteroatoms. The molecule has 0 aromatic heterocycles. The fraction of sp³-hybridized carbons (Fsp3) is 1.00. The van der Waals surface area contributed by atoms with Crippen LogP contribution in [0.1, 0.15) is 54.4 Å². The van der Waals surface area contributed by atoms with Crippen molar-refractivity contribution in [1.29, 1.82) is 0 Å². The molecule has 0 nitrogen and oxygen atoms in total. The second-order valence-electron chi connectivity index (χ2n) is 6.51. The quantitative estimate of drug-likeness (QED) is 0.525. The van der Waals surface area contributed by atoms with Gasteiger partial charge in [-0.05, 0) is 35.5 Å². The zero-order chi connectivity index (χ0) is 12.5. The van der Waals surface area contributed by atoms with Gasteiger partial charge in [-0.3, -0.25) is 0 Å². The standard InChI is InChI=1S/C15H29B/c1-9-7-8-15(16)14(6)13(5)12(4)11(3)10(9)2/h9-15H,7-8H2,1-6H3. The fourth-order valence-corrected chi connectivity index (χ4v) is 3.33. The molecule has 1 fully saturated rings. The van der Waals surface area contributed by atoms with Crippen LogP contribution in [0.3, 0.4) is 0 Å². The molecule has 1 aliphatic carbocycles. The summed E-state index contributed by atoms with van der Waals surface area (Å²) < 4.78 is 0. The first-order valence-corrected chi connectivity index (χ1v) is 7.11. The molecule has 1 aliphatic rings. The highest BCUT2D eigenvalue weighted by atomic mass is 14.4. The van der Waals surface area contributed by atoms with Crippen molar-refractivity contribution in [2.45, 2.75) is 60.2 Å². The van der Waals surface area contributed by atoms with Gasteiger partial charge in [0.1, 0.15) is 0 Å². The van der Waals surface area contributed by atoms with E-state index in [1.54, 1.807) is 0 Å². The van der Waals surface area contributed by atoms with E-state index in [2.05, 4.69) is 41.5 Å². The minimum atomic E-state index is 0.400. The third-order valence-electron chi connectivity index (χ3n) is 5.85. The van der Waals surface area contributed by atoms with Gasteiger partial charge in [0.15, 0.2) is 0 Å². The van der Waals surface area contributed by atoms with Crippen LogP contribution in [-0.4, -0.2) is 7.85 Å². The van der Waals surface area contributed by atoms with E-state index in [0.717, 1.165) is 29.6 Å². The second-order valence-corrected chi connectivity index (χ2v) is 6.51. The van der Waals surface area contributed by atoms with Crippen molar-refractivity contribution in [3.63, 3.8) is 0 Å². The molecule has 0 heterocycles. The normalized spacial score (nSPS) is 51.5. The van der Waals surface area contributed by atoms with E-state index in [1.807, 2.05) is 0 Å². The Hall–Kier alpha value is 0.0649. The van der Waals surface area contributed by atoms with Crippen LogP contribution >= 0.6 is 0 Å². The van der Waals surface area contributed by atoms with Crippen LogP contribution in [0.4, 0.5) is 0 Å². The van der Waals surface area contributed by atoms with Crippen LogP contribution in [-0.2, 0) is 0 Å². The van der Waals surface area contributed by atoms with E-state index in [9.17, 15) is 0 Å². The smallest absolute Gasteiger partial charge is 0.0703 e. The van der Waals surface area contributed by atoms with E-state index in [4.69, 9.17) is 7.85 Å². The highest BCUT2D eigenvalue weighted by Crippen LogP contribution is 2.42. The van der Waals surface area contributed by atoms with E-state index >= 15 is 0 Å². The molecule has 16 heavy (non-hydrogen) atoms. The average molecular weight is 220 g/mol. The predicted octanol–water partition coefficient (Wildman–Crippen LogP) is 4.55. The van der Waals surface area contributed by atoms with Crippen molar-refractivity contribution in [3.8, 4) is 0 Å². The van der Waals surface area contributed by atoms with Gasteiger partial charge in [-0.15, -0.1) is 0 Å². The molecule has 0 aliphatic heterocycles. The third-order valence-corrected chi connectivity index (χ3v) is 5.85. The maximum Gasteiger partial charge on any atom is 0.0703 e. The minimum Gasteiger partial charge on any atom is -0.0746 e. The molecular formula is C15H29B. The average Bonchev–Trinajstić information content (AvgIpc) is 2.30. The topological polar surface area (TPSA) is 0 Å². The summed E-state index contributed by atoms with van der Waals surface area (Å²) in [6.45, 7) is 14.4. The lowest BCUT2D eigenvalue weighted by Gasteiger charge is -2.35. The number of hydrogen-bond acceptors (Lipinski definition) is 0. The van der Waals surface area contributed by atoms with Crippen LogP contribution in [0.5, 0.6) is 0 Å². The summed E-state index contributed by atoms with van der Waals surface area (Å²) in [5, 5.41) is 0. The minimum absolute atomic E-state index is 0.400. The van der Waals surface area contributed by atoms with E-state index in [1.165, 1.54) is 12.8 Å². The first-order valence-electron chi connectivity index (χ1n) is 7.11. The molecular weight excluding hydrogens is 191 g/mol. The largest absolute Gasteiger partial charge is 0.0746 e. The molecule has 1 rings (SSSR count).